The van der Waals surface area contributed by atoms with Crippen LogP contribution in [0.4, 0.5) is 0 Å². The van der Waals surface area contributed by atoms with Gasteiger partial charge in [0.1, 0.15) is 6.10 Å². The number of methoxy groups -OCH3 is 3. The van der Waals surface area contributed by atoms with Crippen LogP contribution in [0.25, 0.3) is 0 Å². The predicted molar refractivity (Wildman–Crippen MR) is 87.7 cm³/mol. The quantitative estimate of drug-likeness (QED) is 0.781. The summed E-state index contributed by atoms with van der Waals surface area (Å²) < 4.78 is 18.5. The van der Waals surface area contributed by atoms with Crippen LogP contribution in [-0.4, -0.2) is 43.8 Å². The number of rotatable bonds is 6. The Hall–Kier alpha value is -1.22. The van der Waals surface area contributed by atoms with E-state index in [1.54, 1.807) is 10.8 Å². The van der Waals surface area contributed by atoms with E-state index >= 15 is 0 Å². The number of hydrogen-bond acceptors (Lipinski definition) is 6. The first-order valence-electron chi connectivity index (χ1n) is 7.25. The topological polar surface area (TPSA) is 92.8 Å². The lowest BCUT2D eigenvalue weighted by atomic mass is 9.81. The Labute approximate surface area is 142 Å². The number of ether oxygens (including phenoxy) is 3. The molecule has 0 aliphatic carbocycles. The first-order chi connectivity index (χ1) is 11.0. The van der Waals surface area contributed by atoms with Gasteiger partial charge in [0.05, 0.1) is 23.8 Å². The molecular weight excluding hydrogens is 368 g/mol. The number of nitrogens with zero attached hydrogens (tertiary/aromatic N) is 1. The summed E-state index contributed by atoms with van der Waals surface area (Å²) in [5.74, 6) is 0.0262. The lowest BCUT2D eigenvalue weighted by Crippen LogP contribution is -2.53. The Morgan fingerprint density at radius 1 is 1.39 bits per heavy atom. The second-order valence-corrected chi connectivity index (χ2v) is 6.23. The van der Waals surface area contributed by atoms with Gasteiger partial charge in [-0.25, -0.2) is 0 Å². The number of halogens is 1. The van der Waals surface area contributed by atoms with Gasteiger partial charge in [-0.2, -0.15) is 0 Å². The SMILES string of the molecule is COc1c2n(cc(Br)c1=O)CC(=O)C(CCCN)(OC)C2OC. The molecule has 2 rings (SSSR count). The van der Waals surface area contributed by atoms with Crippen molar-refractivity contribution in [1.82, 2.24) is 4.57 Å². The zero-order valence-corrected chi connectivity index (χ0v) is 15.0. The number of pyridine rings is 1. The van der Waals surface area contributed by atoms with Crippen molar-refractivity contribution in [2.75, 3.05) is 27.9 Å². The highest BCUT2D eigenvalue weighted by Gasteiger charge is 2.52. The summed E-state index contributed by atoms with van der Waals surface area (Å²) in [5, 5.41) is 0. The standard InChI is InChI=1S/C15H21BrN2O5/c1-21-13-11-14(22-2)15(23-3,5-4-6-17)10(19)8-18(11)7-9(16)12(13)20/h7,14H,4-6,8,17H2,1-3H3. The highest BCUT2D eigenvalue weighted by Crippen LogP contribution is 2.43. The third-order valence-corrected chi connectivity index (χ3v) is 4.81. The van der Waals surface area contributed by atoms with Crippen LogP contribution >= 0.6 is 15.9 Å². The summed E-state index contributed by atoms with van der Waals surface area (Å²) in [6, 6.07) is 0. The van der Waals surface area contributed by atoms with E-state index in [0.29, 0.717) is 29.6 Å². The molecule has 0 aromatic carbocycles. The van der Waals surface area contributed by atoms with Crippen LogP contribution in [0.2, 0.25) is 0 Å². The molecule has 0 fully saturated rings. The van der Waals surface area contributed by atoms with Gasteiger partial charge in [0.2, 0.25) is 5.43 Å². The molecule has 0 bridgehead atoms. The normalized spacial score (nSPS) is 23.7. The lowest BCUT2D eigenvalue weighted by molar-refractivity contribution is -0.170. The molecule has 2 N–H and O–H groups in total. The summed E-state index contributed by atoms with van der Waals surface area (Å²) in [4.78, 5) is 25.1. The van der Waals surface area contributed by atoms with Crippen LogP contribution in [0, 0.1) is 0 Å². The fourth-order valence-corrected chi connectivity index (χ4v) is 3.56. The van der Waals surface area contributed by atoms with Gasteiger partial charge in [-0.3, -0.25) is 9.59 Å². The summed E-state index contributed by atoms with van der Waals surface area (Å²) in [7, 11) is 4.37. The molecule has 0 radical (unpaired) electrons. The second kappa shape index (κ2) is 7.12. The van der Waals surface area contributed by atoms with Crippen molar-refractivity contribution in [2.24, 2.45) is 5.73 Å². The number of nitrogens with two attached hydrogens (primary N) is 1. The van der Waals surface area contributed by atoms with Gasteiger partial charge < -0.3 is 24.5 Å². The van der Waals surface area contributed by atoms with Gasteiger partial charge in [0.25, 0.3) is 0 Å². The van der Waals surface area contributed by atoms with E-state index in [0.717, 1.165) is 0 Å². The van der Waals surface area contributed by atoms with Gasteiger partial charge in [-0.05, 0) is 35.3 Å². The Morgan fingerprint density at radius 3 is 2.61 bits per heavy atom. The number of Topliss-reactive ketones (excluding diaryl/α,β-unsaturated/α-hetero) is 1. The first kappa shape index (κ1) is 18.1. The molecule has 2 unspecified atom stereocenters. The molecule has 2 heterocycles. The maximum absolute atomic E-state index is 12.8. The van der Waals surface area contributed by atoms with Crippen molar-refractivity contribution in [2.45, 2.75) is 31.1 Å². The minimum Gasteiger partial charge on any atom is -0.491 e. The molecule has 1 aromatic rings. The molecular formula is C15H21BrN2O5. The average molecular weight is 389 g/mol. The molecule has 1 aliphatic heterocycles. The molecule has 0 saturated carbocycles. The van der Waals surface area contributed by atoms with Gasteiger partial charge in [-0.15, -0.1) is 0 Å². The number of carbonyl (C=O) groups is 1. The zero-order chi connectivity index (χ0) is 17.2. The fourth-order valence-electron chi connectivity index (χ4n) is 3.13. The molecule has 1 aliphatic rings. The fraction of sp³-hybridized carbons (Fsp3) is 0.600. The summed E-state index contributed by atoms with van der Waals surface area (Å²) in [5.41, 5.74) is 4.62. The van der Waals surface area contributed by atoms with E-state index in [4.69, 9.17) is 19.9 Å². The van der Waals surface area contributed by atoms with Crippen LogP contribution in [-0.2, 0) is 20.8 Å². The van der Waals surface area contributed by atoms with E-state index in [1.807, 2.05) is 0 Å². The van der Waals surface area contributed by atoms with Gasteiger partial charge in [-0.1, -0.05) is 0 Å². The van der Waals surface area contributed by atoms with E-state index in [9.17, 15) is 9.59 Å². The Balaban J connectivity index is 2.70. The van der Waals surface area contributed by atoms with Crippen LogP contribution in [0.15, 0.2) is 15.5 Å². The highest BCUT2D eigenvalue weighted by molar-refractivity contribution is 9.10. The van der Waals surface area contributed by atoms with Crippen LogP contribution < -0.4 is 15.9 Å². The van der Waals surface area contributed by atoms with Gasteiger partial charge in [0, 0.05) is 20.4 Å². The minimum atomic E-state index is -1.18. The van der Waals surface area contributed by atoms with E-state index < -0.39 is 11.7 Å². The van der Waals surface area contributed by atoms with Crippen molar-refractivity contribution in [3.63, 3.8) is 0 Å². The van der Waals surface area contributed by atoms with Crippen molar-refractivity contribution in [3.05, 3.63) is 26.6 Å². The van der Waals surface area contributed by atoms with E-state index in [1.165, 1.54) is 21.3 Å². The molecule has 7 nitrogen and oxygen atoms in total. The maximum Gasteiger partial charge on any atom is 0.237 e. The molecule has 0 saturated heterocycles. The molecule has 128 valence electrons. The summed E-state index contributed by atoms with van der Waals surface area (Å²) in [6.07, 6.45) is 1.83. The molecule has 1 aromatic heterocycles. The van der Waals surface area contributed by atoms with Crippen LogP contribution in [0.5, 0.6) is 5.75 Å². The molecule has 2 atom stereocenters. The number of ketones is 1. The van der Waals surface area contributed by atoms with Crippen molar-refractivity contribution in [3.8, 4) is 5.75 Å². The van der Waals surface area contributed by atoms with E-state index in [-0.39, 0.29) is 23.5 Å². The van der Waals surface area contributed by atoms with Crippen molar-refractivity contribution < 1.29 is 19.0 Å². The average Bonchev–Trinajstić information content (AvgIpc) is 2.54. The minimum absolute atomic E-state index is 0.0723. The van der Waals surface area contributed by atoms with Gasteiger partial charge >= 0.3 is 0 Å². The summed E-state index contributed by atoms with van der Waals surface area (Å²) >= 11 is 3.20. The van der Waals surface area contributed by atoms with Crippen LogP contribution in [0.1, 0.15) is 24.6 Å². The monoisotopic (exact) mass is 388 g/mol. The number of carbonyl (C=O) groups excluding carboxylic acids is 1. The Bertz CT molecular complexity index is 660. The molecule has 0 amide bonds. The highest BCUT2D eigenvalue weighted by atomic mass is 79.9. The third-order valence-electron chi connectivity index (χ3n) is 4.25. The third kappa shape index (κ3) is 2.84. The smallest absolute Gasteiger partial charge is 0.237 e. The Kier molecular flexibility index (Phi) is 5.61. The number of fused-ring (bicyclic) bond motifs is 1. The van der Waals surface area contributed by atoms with E-state index in [2.05, 4.69) is 15.9 Å². The summed E-state index contributed by atoms with van der Waals surface area (Å²) in [6.45, 7) is 0.502. The predicted octanol–water partition coefficient (Wildman–Crippen LogP) is 1.01. The van der Waals surface area contributed by atoms with Crippen molar-refractivity contribution in [1.29, 1.82) is 0 Å². The largest absolute Gasteiger partial charge is 0.491 e. The Morgan fingerprint density at radius 2 is 2.09 bits per heavy atom. The van der Waals surface area contributed by atoms with Crippen molar-refractivity contribution >= 4 is 21.7 Å². The maximum atomic E-state index is 12.8. The van der Waals surface area contributed by atoms with Crippen LogP contribution in [0.3, 0.4) is 0 Å². The zero-order valence-electron chi connectivity index (χ0n) is 13.4. The lowest BCUT2D eigenvalue weighted by Gasteiger charge is -2.42. The number of aromatic nitrogens is 1. The molecule has 23 heavy (non-hydrogen) atoms. The molecule has 8 heteroatoms. The first-order valence-corrected chi connectivity index (χ1v) is 8.04. The van der Waals surface area contributed by atoms with Gasteiger partial charge in [0.15, 0.2) is 17.1 Å². The second-order valence-electron chi connectivity index (χ2n) is 5.38. The number of hydrogen-bond donors (Lipinski definition) is 1. The molecule has 0 spiro atoms.